The minimum Gasteiger partial charge on any atom is -0.483 e. The molecule has 0 amide bonds. The van der Waals surface area contributed by atoms with Crippen molar-refractivity contribution in [2.24, 2.45) is 9.98 Å². The van der Waals surface area contributed by atoms with E-state index < -0.39 is 0 Å². The molecular formula is C25H38N2O2. The molecule has 1 aliphatic heterocycles. The Balaban J connectivity index is 0.00000143. The number of hydrogen-bond acceptors (Lipinski definition) is 4. The highest BCUT2D eigenvalue weighted by Gasteiger charge is 2.21. The Morgan fingerprint density at radius 3 is 2.21 bits per heavy atom. The van der Waals surface area contributed by atoms with E-state index in [1.165, 1.54) is 12.0 Å². The molecule has 0 fully saturated rings. The summed E-state index contributed by atoms with van der Waals surface area (Å²) in [7, 11) is 3.26. The maximum Gasteiger partial charge on any atom is 0.209 e. The Bertz CT molecular complexity index is 685. The van der Waals surface area contributed by atoms with Crippen molar-refractivity contribution in [2.75, 3.05) is 20.8 Å². The van der Waals surface area contributed by atoms with Gasteiger partial charge in [-0.15, -0.1) is 0 Å². The summed E-state index contributed by atoms with van der Waals surface area (Å²) in [6, 6.07) is 8.37. The van der Waals surface area contributed by atoms with Crippen LogP contribution in [-0.2, 0) is 15.9 Å². The summed E-state index contributed by atoms with van der Waals surface area (Å²) in [4.78, 5) is 8.93. The Labute approximate surface area is 177 Å². The van der Waals surface area contributed by atoms with Gasteiger partial charge < -0.3 is 9.47 Å². The number of hydrogen-bond donors (Lipinski definition) is 0. The Morgan fingerprint density at radius 2 is 1.72 bits per heavy atom. The van der Waals surface area contributed by atoms with E-state index in [2.05, 4.69) is 61.3 Å². The molecule has 0 saturated carbocycles. The number of rotatable bonds is 6. The fourth-order valence-electron chi connectivity index (χ4n) is 2.60. The molecule has 2 rings (SSSR count). The molecule has 1 aliphatic rings. The summed E-state index contributed by atoms with van der Waals surface area (Å²) in [5, 5.41) is 0. The predicted molar refractivity (Wildman–Crippen MR) is 128 cm³/mol. The largest absolute Gasteiger partial charge is 0.483 e. The number of aryl methyl sites for hydroxylation is 1. The monoisotopic (exact) mass is 398 g/mol. The highest BCUT2D eigenvalue weighted by Crippen LogP contribution is 2.18. The Kier molecular flexibility index (Phi) is 14.9. The van der Waals surface area contributed by atoms with E-state index >= 15 is 0 Å². The van der Waals surface area contributed by atoms with Gasteiger partial charge in [0.25, 0.3) is 0 Å². The van der Waals surface area contributed by atoms with Crippen molar-refractivity contribution in [3.8, 4) is 0 Å². The molecule has 160 valence electrons. The second kappa shape index (κ2) is 16.3. The number of nitrogens with zero attached hydrogens (tertiary/aromatic N) is 2. The molecule has 4 heteroatoms. The van der Waals surface area contributed by atoms with Crippen LogP contribution in [0.2, 0.25) is 0 Å². The molecule has 4 nitrogen and oxygen atoms in total. The molecule has 1 aromatic carbocycles. The van der Waals surface area contributed by atoms with Gasteiger partial charge in [-0.05, 0) is 29.5 Å². The van der Waals surface area contributed by atoms with E-state index in [0.29, 0.717) is 18.3 Å². The first-order chi connectivity index (χ1) is 14.1. The van der Waals surface area contributed by atoms with Gasteiger partial charge in [0.2, 0.25) is 11.8 Å². The van der Waals surface area contributed by atoms with Crippen LogP contribution >= 0.6 is 0 Å². The lowest BCUT2D eigenvalue weighted by Gasteiger charge is -2.19. The maximum atomic E-state index is 5.34. The first kappa shape index (κ1) is 26.4. The van der Waals surface area contributed by atoms with Crippen molar-refractivity contribution in [3.05, 3.63) is 66.8 Å². The summed E-state index contributed by atoms with van der Waals surface area (Å²) in [6.45, 7) is 16.3. The molecule has 29 heavy (non-hydrogen) atoms. The molecule has 0 N–H and O–H groups in total. The van der Waals surface area contributed by atoms with Crippen molar-refractivity contribution in [2.45, 2.75) is 53.0 Å². The van der Waals surface area contributed by atoms with Gasteiger partial charge in [0.1, 0.15) is 12.6 Å². The van der Waals surface area contributed by atoms with E-state index in [1.54, 1.807) is 20.3 Å². The van der Waals surface area contributed by atoms with E-state index in [0.717, 1.165) is 24.0 Å². The summed E-state index contributed by atoms with van der Waals surface area (Å²) >= 11 is 0. The molecule has 0 radical (unpaired) electrons. The number of allylic oxidation sites excluding steroid dienone is 4. The number of ether oxygens (including phenoxy) is 2. The zero-order valence-electron chi connectivity index (χ0n) is 19.1. The fourth-order valence-corrected chi connectivity index (χ4v) is 2.60. The third-order valence-electron chi connectivity index (χ3n) is 3.91. The predicted octanol–water partition coefficient (Wildman–Crippen LogP) is 6.29. The van der Waals surface area contributed by atoms with Crippen molar-refractivity contribution >= 4 is 17.4 Å². The van der Waals surface area contributed by atoms with Gasteiger partial charge in [-0.3, -0.25) is 0 Å². The van der Waals surface area contributed by atoms with E-state index in [4.69, 9.17) is 9.47 Å². The Morgan fingerprint density at radius 1 is 1.10 bits per heavy atom. The number of methoxy groups -OCH3 is 2. The van der Waals surface area contributed by atoms with Crippen LogP contribution in [0, 0.1) is 0 Å². The van der Waals surface area contributed by atoms with Gasteiger partial charge in [0, 0.05) is 0 Å². The van der Waals surface area contributed by atoms with Crippen LogP contribution in [-0.4, -0.2) is 38.6 Å². The third-order valence-corrected chi connectivity index (χ3v) is 3.91. The molecule has 1 heterocycles. The normalized spacial score (nSPS) is 15.4. The minimum absolute atomic E-state index is 0.0808. The fraction of sp³-hybridized carbons (Fsp3) is 0.440. The molecule has 0 bridgehead atoms. The second-order valence-electron chi connectivity index (χ2n) is 6.11. The lowest BCUT2D eigenvalue weighted by Crippen LogP contribution is -2.29. The van der Waals surface area contributed by atoms with Crippen LogP contribution in [0.4, 0.5) is 0 Å². The molecule has 1 unspecified atom stereocenters. The van der Waals surface area contributed by atoms with Gasteiger partial charge in [-0.25, -0.2) is 9.98 Å². The summed E-state index contributed by atoms with van der Waals surface area (Å²) in [5.41, 5.74) is 3.44. The lowest BCUT2D eigenvalue weighted by molar-refractivity contribution is 0.357. The molecule has 1 aromatic rings. The van der Waals surface area contributed by atoms with Crippen LogP contribution in [0.15, 0.2) is 65.6 Å². The standard InChI is InChI=1S/C20H24N2O2.C3H8.C2H6/c1-5-7-16(6-2)17-11-8-15(9-12-17)10-13-18-20(24-4)21-14-19(22-18)23-3;1-3-2;1-2/h5-9,11-12,18H,1-2,10,13-14H2,3-4H3;3H2,1-2H3;1-2H3/b16-7+;;. The van der Waals surface area contributed by atoms with Crippen molar-refractivity contribution in [3.63, 3.8) is 0 Å². The molecule has 0 saturated heterocycles. The zero-order chi connectivity index (χ0) is 22.1. The Hall–Kier alpha value is -2.62. The quantitative estimate of drug-likeness (QED) is 0.529. The highest BCUT2D eigenvalue weighted by molar-refractivity contribution is 5.91. The van der Waals surface area contributed by atoms with Crippen LogP contribution < -0.4 is 0 Å². The molecule has 0 spiro atoms. The minimum atomic E-state index is -0.0808. The van der Waals surface area contributed by atoms with Crippen molar-refractivity contribution < 1.29 is 9.47 Å². The van der Waals surface area contributed by atoms with Crippen LogP contribution in [0.3, 0.4) is 0 Å². The molecule has 0 aromatic heterocycles. The summed E-state index contributed by atoms with van der Waals surface area (Å²) in [5.74, 6) is 1.33. The number of benzene rings is 1. The average Bonchev–Trinajstić information content (AvgIpc) is 2.78. The van der Waals surface area contributed by atoms with Crippen LogP contribution in [0.5, 0.6) is 0 Å². The van der Waals surface area contributed by atoms with Crippen LogP contribution in [0.25, 0.3) is 5.57 Å². The van der Waals surface area contributed by atoms with Crippen LogP contribution in [0.1, 0.15) is 51.7 Å². The lowest BCUT2D eigenvalue weighted by atomic mass is 10.00. The first-order valence-electron chi connectivity index (χ1n) is 10.4. The van der Waals surface area contributed by atoms with E-state index in [-0.39, 0.29) is 6.04 Å². The topological polar surface area (TPSA) is 43.2 Å². The first-order valence-corrected chi connectivity index (χ1v) is 10.4. The molecule has 0 aliphatic carbocycles. The van der Waals surface area contributed by atoms with E-state index in [9.17, 15) is 0 Å². The van der Waals surface area contributed by atoms with E-state index in [1.807, 2.05) is 26.0 Å². The second-order valence-corrected chi connectivity index (χ2v) is 6.11. The molecular weight excluding hydrogens is 360 g/mol. The zero-order valence-corrected chi connectivity index (χ0v) is 19.1. The average molecular weight is 399 g/mol. The maximum absolute atomic E-state index is 5.34. The smallest absolute Gasteiger partial charge is 0.209 e. The van der Waals surface area contributed by atoms with Gasteiger partial charge in [-0.1, -0.05) is 89.8 Å². The summed E-state index contributed by atoms with van der Waals surface area (Å²) in [6.07, 6.45) is 8.52. The summed E-state index contributed by atoms with van der Waals surface area (Å²) < 4.78 is 10.5. The van der Waals surface area contributed by atoms with Crippen molar-refractivity contribution in [1.82, 2.24) is 0 Å². The van der Waals surface area contributed by atoms with Gasteiger partial charge in [0.05, 0.1) is 14.2 Å². The van der Waals surface area contributed by atoms with Gasteiger partial charge in [-0.2, -0.15) is 0 Å². The SMILES string of the molecule is C=C/C=C(\C=C)c1ccc(CCC2N=C(OC)CN=C2OC)cc1.CC.CCC. The van der Waals surface area contributed by atoms with Gasteiger partial charge >= 0.3 is 0 Å². The van der Waals surface area contributed by atoms with Gasteiger partial charge in [0.15, 0.2) is 0 Å². The molecule has 1 atom stereocenters. The van der Waals surface area contributed by atoms with Crippen molar-refractivity contribution in [1.29, 1.82) is 0 Å². The highest BCUT2D eigenvalue weighted by atomic mass is 16.5. The number of aliphatic imine (C=N–C) groups is 2. The third kappa shape index (κ3) is 9.42.